The van der Waals surface area contributed by atoms with Crippen molar-refractivity contribution in [2.45, 2.75) is 24.2 Å². The van der Waals surface area contributed by atoms with E-state index in [4.69, 9.17) is 11.6 Å². The van der Waals surface area contributed by atoms with Crippen LogP contribution in [-0.4, -0.2) is 28.7 Å². The van der Waals surface area contributed by atoms with E-state index in [0.717, 1.165) is 11.1 Å². The molecule has 238 valence electrons. The minimum atomic E-state index is -1.39. The Bertz CT molecular complexity index is 2060. The summed E-state index contributed by atoms with van der Waals surface area (Å²) in [5.74, 6) is -4.72. The maximum absolute atomic E-state index is 15.2. The van der Waals surface area contributed by atoms with Crippen LogP contribution in [0.4, 0.5) is 11.4 Å². The number of rotatable bonds is 5. The molecule has 2 aliphatic carbocycles. The normalized spacial score (nSPS) is 27.8. The highest BCUT2D eigenvalue weighted by Gasteiger charge is 2.70. The third-order valence-corrected chi connectivity index (χ3v) is 11.0. The standard InChI is InChI=1S/C40H31ClN2O5/c1-2-23-14-16-27(17-15-23)42-36(45)31-19-18-30-32(34(31)38(42)47)22-33-37(46)43(28-12-7-11-26(41)21-28)39(48)40(33,25-9-4-3-5-10-25)35(30)24-8-6-13-29(44)20-24/h2-18,20-21,31-35,44H,1,19,22H2. The molecule has 4 aromatic carbocycles. The highest BCUT2D eigenvalue weighted by atomic mass is 35.5. The van der Waals surface area contributed by atoms with Crippen LogP contribution in [0.15, 0.2) is 121 Å². The number of amides is 4. The lowest BCUT2D eigenvalue weighted by Crippen LogP contribution is -2.53. The zero-order chi connectivity index (χ0) is 33.3. The summed E-state index contributed by atoms with van der Waals surface area (Å²) in [6, 6.07) is 29.9. The topological polar surface area (TPSA) is 95.0 Å². The van der Waals surface area contributed by atoms with E-state index in [2.05, 4.69) is 6.58 Å². The van der Waals surface area contributed by atoms with Gasteiger partial charge in [0.15, 0.2) is 0 Å². The molecule has 6 atom stereocenters. The Morgan fingerprint density at radius 2 is 1.52 bits per heavy atom. The number of nitrogens with zero attached hydrogens (tertiary/aromatic N) is 2. The fourth-order valence-electron chi connectivity index (χ4n) is 8.84. The fraction of sp³-hybridized carbons (Fsp3) is 0.200. The van der Waals surface area contributed by atoms with E-state index < -0.39 is 40.9 Å². The summed E-state index contributed by atoms with van der Waals surface area (Å²) in [5.41, 5.74) is 2.49. The summed E-state index contributed by atoms with van der Waals surface area (Å²) in [7, 11) is 0. The average Bonchev–Trinajstić information content (AvgIpc) is 3.49. The lowest BCUT2D eigenvalue weighted by Gasteiger charge is -2.50. The maximum Gasteiger partial charge on any atom is 0.246 e. The third kappa shape index (κ3) is 4.20. The quantitative estimate of drug-likeness (QED) is 0.184. The number of phenols is 1. The third-order valence-electron chi connectivity index (χ3n) is 10.8. The summed E-state index contributed by atoms with van der Waals surface area (Å²) < 4.78 is 0. The number of hydrogen-bond acceptors (Lipinski definition) is 5. The molecule has 1 saturated carbocycles. The van der Waals surface area contributed by atoms with Gasteiger partial charge in [0.2, 0.25) is 23.6 Å². The number of allylic oxidation sites excluding steroid dienone is 2. The van der Waals surface area contributed by atoms with Gasteiger partial charge in [-0.05, 0) is 77.9 Å². The van der Waals surface area contributed by atoms with E-state index in [-0.39, 0.29) is 29.9 Å². The van der Waals surface area contributed by atoms with Gasteiger partial charge in [-0.25, -0.2) is 4.90 Å². The van der Waals surface area contributed by atoms with Crippen LogP contribution in [0.2, 0.25) is 5.02 Å². The molecule has 0 aromatic heterocycles. The molecule has 2 saturated heterocycles. The van der Waals surface area contributed by atoms with Crippen molar-refractivity contribution >= 4 is 52.7 Å². The second-order valence-corrected chi connectivity index (χ2v) is 13.4. The molecule has 7 nitrogen and oxygen atoms in total. The molecule has 4 amide bonds. The van der Waals surface area contributed by atoms with Crippen molar-refractivity contribution in [3.05, 3.63) is 143 Å². The van der Waals surface area contributed by atoms with Crippen LogP contribution < -0.4 is 9.80 Å². The number of aromatic hydroxyl groups is 1. The monoisotopic (exact) mass is 654 g/mol. The van der Waals surface area contributed by atoms with Gasteiger partial charge in [0.25, 0.3) is 0 Å². The lowest BCUT2D eigenvalue weighted by molar-refractivity contribution is -0.127. The first-order valence-corrected chi connectivity index (χ1v) is 16.4. The van der Waals surface area contributed by atoms with Crippen LogP contribution in [-0.2, 0) is 24.6 Å². The molecule has 0 radical (unpaired) electrons. The summed E-state index contributed by atoms with van der Waals surface area (Å²) in [6.07, 6.45) is 4.22. The molecule has 3 fully saturated rings. The number of anilines is 2. The second-order valence-electron chi connectivity index (χ2n) is 13.0. The molecule has 1 N–H and O–H groups in total. The van der Waals surface area contributed by atoms with Crippen molar-refractivity contribution < 1.29 is 24.3 Å². The average molecular weight is 655 g/mol. The smallest absolute Gasteiger partial charge is 0.246 e. The number of phenolic OH excluding ortho intramolecular Hbond substituents is 1. The molecule has 48 heavy (non-hydrogen) atoms. The van der Waals surface area contributed by atoms with Gasteiger partial charge in [0.1, 0.15) is 5.75 Å². The van der Waals surface area contributed by atoms with Crippen LogP contribution in [0.5, 0.6) is 5.75 Å². The molecule has 0 bridgehead atoms. The molecular weight excluding hydrogens is 624 g/mol. The summed E-state index contributed by atoms with van der Waals surface area (Å²) in [4.78, 5) is 60.8. The van der Waals surface area contributed by atoms with E-state index in [1.165, 1.54) is 9.80 Å². The maximum atomic E-state index is 15.2. The van der Waals surface area contributed by atoms with Gasteiger partial charge in [-0.15, -0.1) is 0 Å². The van der Waals surface area contributed by atoms with E-state index in [1.807, 2.05) is 54.6 Å². The zero-order valence-corrected chi connectivity index (χ0v) is 26.6. The highest BCUT2D eigenvalue weighted by Crippen LogP contribution is 2.64. The van der Waals surface area contributed by atoms with Gasteiger partial charge in [-0.3, -0.25) is 24.1 Å². The molecular formula is C40H31ClN2O5. The number of carbonyl (C=O) groups is 4. The van der Waals surface area contributed by atoms with Crippen molar-refractivity contribution in [1.29, 1.82) is 0 Å². The SMILES string of the molecule is C=Cc1ccc(N2C(=O)C3CC=C4C(CC5C(=O)N(c6cccc(Cl)c6)C(=O)C5(c5ccccc5)C4c4cccc(O)c4)C3C2=O)cc1. The Kier molecular flexibility index (Phi) is 7.00. The minimum Gasteiger partial charge on any atom is -0.508 e. The second kappa shape index (κ2) is 11.2. The molecule has 6 unspecified atom stereocenters. The van der Waals surface area contributed by atoms with Crippen LogP contribution >= 0.6 is 11.6 Å². The number of fused-ring (bicyclic) bond motifs is 4. The van der Waals surface area contributed by atoms with Crippen molar-refractivity contribution in [3.8, 4) is 5.75 Å². The van der Waals surface area contributed by atoms with Crippen LogP contribution in [0.25, 0.3) is 6.08 Å². The Morgan fingerprint density at radius 1 is 0.771 bits per heavy atom. The molecule has 4 aliphatic rings. The molecule has 2 aliphatic heterocycles. The first-order valence-electron chi connectivity index (χ1n) is 16.0. The Balaban J connectivity index is 1.33. The zero-order valence-electron chi connectivity index (χ0n) is 25.8. The van der Waals surface area contributed by atoms with E-state index >= 15 is 4.79 Å². The molecule has 0 spiro atoms. The van der Waals surface area contributed by atoms with E-state index in [9.17, 15) is 19.5 Å². The first-order chi connectivity index (χ1) is 23.2. The number of carbonyl (C=O) groups excluding carboxylic acids is 4. The van der Waals surface area contributed by atoms with E-state index in [1.54, 1.807) is 60.7 Å². The number of hydrogen-bond donors (Lipinski definition) is 1. The number of halogens is 1. The minimum absolute atomic E-state index is 0.0217. The Hall–Kier alpha value is -5.27. The van der Waals surface area contributed by atoms with E-state index in [0.29, 0.717) is 33.9 Å². The van der Waals surface area contributed by atoms with Gasteiger partial charge in [0.05, 0.1) is 34.5 Å². The largest absolute Gasteiger partial charge is 0.508 e. The van der Waals surface area contributed by atoms with Gasteiger partial charge in [-0.1, -0.05) is 96.6 Å². The van der Waals surface area contributed by atoms with Crippen molar-refractivity contribution in [2.75, 3.05) is 9.80 Å². The first kappa shape index (κ1) is 30.1. The van der Waals surface area contributed by atoms with Crippen LogP contribution in [0.3, 0.4) is 0 Å². The Morgan fingerprint density at radius 3 is 2.23 bits per heavy atom. The predicted octanol–water partition coefficient (Wildman–Crippen LogP) is 7.06. The molecule has 4 aromatic rings. The van der Waals surface area contributed by atoms with Crippen LogP contribution in [0, 0.1) is 23.7 Å². The van der Waals surface area contributed by atoms with Crippen molar-refractivity contribution in [1.82, 2.24) is 0 Å². The van der Waals surface area contributed by atoms with Gasteiger partial charge < -0.3 is 5.11 Å². The molecule has 8 heteroatoms. The molecule has 8 rings (SSSR count). The van der Waals surface area contributed by atoms with Gasteiger partial charge >= 0.3 is 0 Å². The lowest BCUT2D eigenvalue weighted by atomic mass is 9.49. The van der Waals surface area contributed by atoms with Crippen molar-refractivity contribution in [3.63, 3.8) is 0 Å². The molecule has 2 heterocycles. The highest BCUT2D eigenvalue weighted by molar-refractivity contribution is 6.32. The predicted molar refractivity (Wildman–Crippen MR) is 183 cm³/mol. The fourth-order valence-corrected chi connectivity index (χ4v) is 9.02. The number of imide groups is 2. The Labute approximate surface area is 282 Å². The van der Waals surface area contributed by atoms with Gasteiger partial charge in [0, 0.05) is 10.9 Å². The van der Waals surface area contributed by atoms with Gasteiger partial charge in [-0.2, -0.15) is 0 Å². The number of benzene rings is 4. The summed E-state index contributed by atoms with van der Waals surface area (Å²) in [6.45, 7) is 3.79. The summed E-state index contributed by atoms with van der Waals surface area (Å²) >= 11 is 6.37. The van der Waals surface area contributed by atoms with Crippen molar-refractivity contribution in [2.24, 2.45) is 23.7 Å². The summed E-state index contributed by atoms with van der Waals surface area (Å²) in [5, 5.41) is 11.1. The van der Waals surface area contributed by atoms with Crippen LogP contribution in [0.1, 0.15) is 35.4 Å².